The second-order valence-electron chi connectivity index (χ2n) is 3.91. The Kier molecular flexibility index (Phi) is 2.69. The van der Waals surface area contributed by atoms with Crippen LogP contribution in [0.3, 0.4) is 0 Å². The highest BCUT2D eigenvalue weighted by atomic mass is 16.3. The summed E-state index contributed by atoms with van der Waals surface area (Å²) < 4.78 is 5.48. The molecular formula is C13H14O3. The topological polar surface area (TPSA) is 50.4 Å². The number of hydrogen-bond acceptors (Lipinski definition) is 3. The Morgan fingerprint density at radius 1 is 1.44 bits per heavy atom. The molecule has 1 N–H and O–H groups in total. The Morgan fingerprint density at radius 3 is 2.88 bits per heavy atom. The molecule has 1 aromatic carbocycles. The van der Waals surface area contributed by atoms with E-state index in [4.69, 9.17) is 4.42 Å². The lowest BCUT2D eigenvalue weighted by Crippen LogP contribution is -1.97. The number of fused-ring (bicyclic) bond motifs is 1. The second-order valence-corrected chi connectivity index (χ2v) is 3.91. The van der Waals surface area contributed by atoms with Crippen LogP contribution in [0.5, 0.6) is 5.75 Å². The van der Waals surface area contributed by atoms with Gasteiger partial charge in [0.2, 0.25) is 0 Å². The van der Waals surface area contributed by atoms with E-state index in [9.17, 15) is 9.90 Å². The Labute approximate surface area is 93.7 Å². The molecule has 16 heavy (non-hydrogen) atoms. The van der Waals surface area contributed by atoms with Crippen LogP contribution < -0.4 is 0 Å². The summed E-state index contributed by atoms with van der Waals surface area (Å²) in [5, 5.41) is 10.2. The van der Waals surface area contributed by atoms with Gasteiger partial charge < -0.3 is 9.52 Å². The van der Waals surface area contributed by atoms with Gasteiger partial charge in [0.05, 0.1) is 0 Å². The molecule has 0 bridgehead atoms. The zero-order chi connectivity index (χ0) is 11.7. The Morgan fingerprint density at radius 2 is 2.19 bits per heavy atom. The standard InChI is InChI=1S/C13H14O3/c1-3-4-11(15)13-8(2)10-6-5-9(14)7-12(10)16-13/h5-7,14H,3-4H2,1-2H3. The van der Waals surface area contributed by atoms with Crippen molar-refractivity contribution in [3.63, 3.8) is 0 Å². The molecular weight excluding hydrogens is 204 g/mol. The van der Waals surface area contributed by atoms with Crippen LogP contribution >= 0.6 is 0 Å². The minimum absolute atomic E-state index is 0.0238. The molecule has 0 aliphatic heterocycles. The maximum absolute atomic E-state index is 11.8. The van der Waals surface area contributed by atoms with Crippen molar-refractivity contribution in [2.45, 2.75) is 26.7 Å². The van der Waals surface area contributed by atoms with E-state index in [2.05, 4.69) is 0 Å². The Balaban J connectivity index is 2.55. The van der Waals surface area contributed by atoms with E-state index in [0.29, 0.717) is 17.8 Å². The first-order valence-electron chi connectivity index (χ1n) is 5.38. The molecule has 1 aromatic heterocycles. The molecule has 0 fully saturated rings. The lowest BCUT2D eigenvalue weighted by molar-refractivity contribution is 0.0956. The van der Waals surface area contributed by atoms with Crippen molar-refractivity contribution in [2.24, 2.45) is 0 Å². The van der Waals surface area contributed by atoms with Crippen LogP contribution in [0.4, 0.5) is 0 Å². The maximum Gasteiger partial charge on any atom is 0.198 e. The number of aromatic hydroxyl groups is 1. The van der Waals surface area contributed by atoms with E-state index in [-0.39, 0.29) is 11.5 Å². The van der Waals surface area contributed by atoms with Crippen LogP contribution in [0.25, 0.3) is 11.0 Å². The predicted octanol–water partition coefficient (Wildman–Crippen LogP) is 3.43. The lowest BCUT2D eigenvalue weighted by atomic mass is 10.1. The van der Waals surface area contributed by atoms with Crippen LogP contribution in [0.1, 0.15) is 35.9 Å². The summed E-state index contributed by atoms with van der Waals surface area (Å²) in [5.41, 5.74) is 1.42. The molecule has 0 amide bonds. The number of hydrogen-bond donors (Lipinski definition) is 1. The normalized spacial score (nSPS) is 10.9. The molecule has 0 radical (unpaired) electrons. The van der Waals surface area contributed by atoms with Crippen LogP contribution in [-0.2, 0) is 0 Å². The first-order valence-corrected chi connectivity index (χ1v) is 5.38. The smallest absolute Gasteiger partial charge is 0.198 e. The maximum atomic E-state index is 11.8. The number of aryl methyl sites for hydroxylation is 1. The van der Waals surface area contributed by atoms with Crippen molar-refractivity contribution in [1.82, 2.24) is 0 Å². The SMILES string of the molecule is CCCC(=O)c1oc2cc(O)ccc2c1C. The van der Waals surface area contributed by atoms with Gasteiger partial charge in [0, 0.05) is 23.4 Å². The number of Topliss-reactive ketones (excluding diaryl/α,β-unsaturated/α-hetero) is 1. The van der Waals surface area contributed by atoms with Gasteiger partial charge in [-0.25, -0.2) is 0 Å². The second kappa shape index (κ2) is 4.00. The molecule has 2 rings (SSSR count). The first-order chi connectivity index (χ1) is 7.63. The summed E-state index contributed by atoms with van der Waals surface area (Å²) in [4.78, 5) is 11.8. The summed E-state index contributed by atoms with van der Waals surface area (Å²) in [6, 6.07) is 4.90. The van der Waals surface area contributed by atoms with E-state index in [1.54, 1.807) is 12.1 Å². The summed E-state index contributed by atoms with van der Waals surface area (Å²) in [7, 11) is 0. The molecule has 3 heteroatoms. The molecule has 0 saturated carbocycles. The van der Waals surface area contributed by atoms with E-state index in [1.165, 1.54) is 6.07 Å². The van der Waals surface area contributed by atoms with Gasteiger partial charge in [0.15, 0.2) is 11.5 Å². The van der Waals surface area contributed by atoms with Crippen LogP contribution in [0.2, 0.25) is 0 Å². The lowest BCUT2D eigenvalue weighted by Gasteiger charge is -1.94. The number of phenols is 1. The van der Waals surface area contributed by atoms with Crippen LogP contribution in [0, 0.1) is 6.92 Å². The average molecular weight is 218 g/mol. The fraction of sp³-hybridized carbons (Fsp3) is 0.308. The number of carbonyl (C=O) groups is 1. The van der Waals surface area contributed by atoms with E-state index < -0.39 is 0 Å². The van der Waals surface area contributed by atoms with E-state index in [0.717, 1.165) is 17.4 Å². The summed E-state index contributed by atoms with van der Waals surface area (Å²) >= 11 is 0. The number of ketones is 1. The largest absolute Gasteiger partial charge is 0.508 e. The fourth-order valence-electron chi connectivity index (χ4n) is 1.82. The van der Waals surface area contributed by atoms with Gasteiger partial charge in [-0.1, -0.05) is 6.92 Å². The van der Waals surface area contributed by atoms with Crippen molar-refractivity contribution in [1.29, 1.82) is 0 Å². The zero-order valence-electron chi connectivity index (χ0n) is 9.41. The third-order valence-electron chi connectivity index (χ3n) is 2.65. The fourth-order valence-corrected chi connectivity index (χ4v) is 1.82. The molecule has 1 heterocycles. The van der Waals surface area contributed by atoms with Crippen molar-refractivity contribution < 1.29 is 14.3 Å². The van der Waals surface area contributed by atoms with Gasteiger partial charge in [0.25, 0.3) is 0 Å². The molecule has 0 spiro atoms. The molecule has 0 aliphatic rings. The molecule has 0 atom stereocenters. The van der Waals surface area contributed by atoms with Gasteiger partial charge in [0.1, 0.15) is 11.3 Å². The Bertz CT molecular complexity index is 537. The third-order valence-corrected chi connectivity index (χ3v) is 2.65. The van der Waals surface area contributed by atoms with Crippen molar-refractivity contribution in [2.75, 3.05) is 0 Å². The van der Waals surface area contributed by atoms with Gasteiger partial charge in [-0.3, -0.25) is 4.79 Å². The summed E-state index contributed by atoms with van der Waals surface area (Å²) in [6.07, 6.45) is 1.30. The molecule has 0 aliphatic carbocycles. The number of phenolic OH excluding ortho intramolecular Hbond substituents is 1. The molecule has 2 aromatic rings. The van der Waals surface area contributed by atoms with Gasteiger partial charge in [-0.15, -0.1) is 0 Å². The van der Waals surface area contributed by atoms with Gasteiger partial charge >= 0.3 is 0 Å². The highest BCUT2D eigenvalue weighted by Crippen LogP contribution is 2.28. The van der Waals surface area contributed by atoms with Crippen LogP contribution in [0.15, 0.2) is 22.6 Å². The highest BCUT2D eigenvalue weighted by molar-refractivity contribution is 6.00. The first kappa shape index (κ1) is 10.7. The van der Waals surface area contributed by atoms with Crippen molar-refractivity contribution in [3.05, 3.63) is 29.5 Å². The molecule has 0 unspecified atom stereocenters. The average Bonchev–Trinajstić information content (AvgIpc) is 2.56. The van der Waals surface area contributed by atoms with Crippen LogP contribution in [-0.4, -0.2) is 10.9 Å². The number of carbonyl (C=O) groups excluding carboxylic acids is 1. The zero-order valence-corrected chi connectivity index (χ0v) is 9.41. The van der Waals surface area contributed by atoms with Gasteiger partial charge in [-0.2, -0.15) is 0 Å². The summed E-state index contributed by atoms with van der Waals surface area (Å²) in [5.74, 6) is 0.592. The number of rotatable bonds is 3. The molecule has 3 nitrogen and oxygen atoms in total. The molecule has 84 valence electrons. The third kappa shape index (κ3) is 1.69. The van der Waals surface area contributed by atoms with Crippen molar-refractivity contribution >= 4 is 16.8 Å². The number of furan rings is 1. The quantitative estimate of drug-likeness (QED) is 0.803. The van der Waals surface area contributed by atoms with Crippen molar-refractivity contribution in [3.8, 4) is 5.75 Å². The highest BCUT2D eigenvalue weighted by Gasteiger charge is 2.16. The monoisotopic (exact) mass is 218 g/mol. The summed E-state index contributed by atoms with van der Waals surface area (Å²) in [6.45, 7) is 3.83. The predicted molar refractivity (Wildman–Crippen MR) is 61.9 cm³/mol. The number of benzene rings is 1. The van der Waals surface area contributed by atoms with E-state index >= 15 is 0 Å². The van der Waals surface area contributed by atoms with Gasteiger partial charge in [-0.05, 0) is 25.5 Å². The minimum atomic E-state index is 0.0238. The van der Waals surface area contributed by atoms with E-state index in [1.807, 2.05) is 13.8 Å². The minimum Gasteiger partial charge on any atom is -0.508 e. The Hall–Kier alpha value is -1.77. The molecule has 0 saturated heterocycles.